The molecule has 4 heteroatoms. The molecule has 0 saturated carbocycles. The van der Waals surface area contributed by atoms with E-state index in [0.717, 1.165) is 28.7 Å². The molecule has 0 amide bonds. The number of hydrogen-bond acceptors (Lipinski definition) is 4. The first-order chi connectivity index (χ1) is 9.73. The van der Waals surface area contributed by atoms with E-state index in [0.29, 0.717) is 0 Å². The van der Waals surface area contributed by atoms with E-state index < -0.39 is 0 Å². The molecule has 1 aromatic rings. The van der Waals surface area contributed by atoms with Crippen molar-refractivity contribution in [1.82, 2.24) is 4.90 Å². The van der Waals surface area contributed by atoms with Gasteiger partial charge in [0.2, 0.25) is 0 Å². The summed E-state index contributed by atoms with van der Waals surface area (Å²) < 4.78 is 1.79. The molecule has 0 unspecified atom stereocenters. The Morgan fingerprint density at radius 2 is 1.57 bits per heavy atom. The van der Waals surface area contributed by atoms with Gasteiger partial charge in [0.1, 0.15) is 0 Å². The van der Waals surface area contributed by atoms with Crippen LogP contribution >= 0.6 is 24.4 Å². The van der Waals surface area contributed by atoms with Crippen LogP contribution in [0.1, 0.15) is 53.0 Å². The minimum absolute atomic E-state index is 0.0840. The summed E-state index contributed by atoms with van der Waals surface area (Å²) in [6.07, 6.45) is 2.39. The van der Waals surface area contributed by atoms with E-state index in [1.54, 1.807) is 0 Å². The molecule has 1 aromatic carbocycles. The lowest BCUT2D eigenvalue weighted by Gasteiger charge is -2.32. The minimum Gasteiger partial charge on any atom is -0.373 e. The van der Waals surface area contributed by atoms with Crippen LogP contribution in [0.25, 0.3) is 0 Å². The topological polar surface area (TPSA) is 6.48 Å². The van der Waals surface area contributed by atoms with Gasteiger partial charge in [-0.3, -0.25) is 0 Å². The van der Waals surface area contributed by atoms with Crippen LogP contribution in [0, 0.1) is 9.02 Å². The van der Waals surface area contributed by atoms with Crippen LogP contribution in [0.15, 0.2) is 0 Å². The Balaban J connectivity index is 2.66. The summed E-state index contributed by atoms with van der Waals surface area (Å²) in [6, 6.07) is 0. The van der Waals surface area contributed by atoms with E-state index in [1.165, 1.54) is 30.6 Å². The van der Waals surface area contributed by atoms with Crippen molar-refractivity contribution < 1.29 is 0 Å². The number of anilines is 1. The van der Waals surface area contributed by atoms with Crippen molar-refractivity contribution in [2.45, 2.75) is 52.9 Å². The van der Waals surface area contributed by atoms with E-state index in [9.17, 15) is 0 Å². The molecular weight excluding hydrogens is 296 g/mol. The van der Waals surface area contributed by atoms with Gasteiger partial charge >= 0.3 is 0 Å². The molecule has 0 saturated heterocycles. The highest BCUT2D eigenvalue weighted by Gasteiger charge is 2.27. The zero-order valence-electron chi connectivity index (χ0n) is 14.5. The van der Waals surface area contributed by atoms with Gasteiger partial charge in [0.15, 0.2) is 0 Å². The molecule has 0 heterocycles. The highest BCUT2D eigenvalue weighted by Crippen LogP contribution is 2.38. The summed E-state index contributed by atoms with van der Waals surface area (Å²) in [5, 5.41) is 0. The van der Waals surface area contributed by atoms with Crippen LogP contribution in [0.2, 0.25) is 0 Å². The average Bonchev–Trinajstić information content (AvgIpc) is 2.40. The Hall–Kier alpha value is -0.320. The van der Waals surface area contributed by atoms with Gasteiger partial charge in [-0.1, -0.05) is 59.1 Å². The molecule has 0 aliphatic carbocycles. The Bertz CT molecular complexity index is 521. The van der Waals surface area contributed by atoms with Gasteiger partial charge in [0.25, 0.3) is 0 Å². The van der Waals surface area contributed by atoms with Crippen molar-refractivity contribution in [3.63, 3.8) is 0 Å². The van der Waals surface area contributed by atoms with Crippen molar-refractivity contribution in [2.75, 3.05) is 38.1 Å². The molecule has 0 atom stereocenters. The van der Waals surface area contributed by atoms with Gasteiger partial charge in [-0.05, 0) is 37.9 Å². The summed E-state index contributed by atoms with van der Waals surface area (Å²) in [5.41, 5.74) is 2.56. The summed E-state index contributed by atoms with van der Waals surface area (Å²) >= 11 is 10.9. The second-order valence-corrected chi connectivity index (χ2v) is 7.66. The average molecular weight is 327 g/mol. The number of rotatable bonds is 8. The van der Waals surface area contributed by atoms with Gasteiger partial charge in [0.05, 0.1) is 14.7 Å². The largest absolute Gasteiger partial charge is 0.373 e. The Morgan fingerprint density at radius 3 is 2.05 bits per heavy atom. The third kappa shape index (κ3) is 4.57. The van der Waals surface area contributed by atoms with Gasteiger partial charge < -0.3 is 9.80 Å². The highest BCUT2D eigenvalue weighted by atomic mass is 32.1. The normalized spacial score (nSPS) is 12.3. The van der Waals surface area contributed by atoms with Crippen LogP contribution in [0.5, 0.6) is 0 Å². The molecule has 0 bridgehead atoms. The lowest BCUT2D eigenvalue weighted by molar-refractivity contribution is 0.286. The first-order valence-electron chi connectivity index (χ1n) is 8.01. The van der Waals surface area contributed by atoms with Crippen molar-refractivity contribution in [1.29, 1.82) is 0 Å². The summed E-state index contributed by atoms with van der Waals surface area (Å²) in [7, 11) is 2.14. The standard InChI is InChI=1S/C17H30N2S2/c1-7-10-19(8-2)12-9-11-18(6)14-13(17(3,4)5)15(20)16(14)21/h7-12H2,1-6H3. The zero-order valence-corrected chi connectivity index (χ0v) is 16.1. The van der Waals surface area contributed by atoms with Crippen molar-refractivity contribution in [2.24, 2.45) is 0 Å². The van der Waals surface area contributed by atoms with Crippen LogP contribution in [-0.2, 0) is 5.41 Å². The van der Waals surface area contributed by atoms with Crippen LogP contribution in [0.3, 0.4) is 0 Å². The fraction of sp³-hybridized carbons (Fsp3) is 0.765. The smallest absolute Gasteiger partial charge is 0.0798 e. The first kappa shape index (κ1) is 18.7. The van der Waals surface area contributed by atoms with Crippen molar-refractivity contribution >= 4 is 30.1 Å². The molecule has 0 aliphatic rings. The maximum atomic E-state index is 5.47. The second kappa shape index (κ2) is 7.80. The van der Waals surface area contributed by atoms with Crippen molar-refractivity contribution in [3.05, 3.63) is 14.6 Å². The molecule has 0 spiro atoms. The molecule has 0 N–H and O–H groups in total. The summed E-state index contributed by atoms with van der Waals surface area (Å²) in [5.74, 6) is 0. The lowest BCUT2D eigenvalue weighted by Crippen LogP contribution is -2.31. The monoisotopic (exact) mass is 326 g/mol. The van der Waals surface area contributed by atoms with Crippen LogP contribution in [0.4, 0.5) is 5.69 Å². The lowest BCUT2D eigenvalue weighted by atomic mass is 9.83. The Labute approximate surface area is 140 Å². The maximum Gasteiger partial charge on any atom is 0.0798 e. The Kier molecular flexibility index (Phi) is 6.95. The van der Waals surface area contributed by atoms with Gasteiger partial charge in [-0.25, -0.2) is 0 Å². The Morgan fingerprint density at radius 1 is 0.952 bits per heavy atom. The van der Waals surface area contributed by atoms with E-state index in [1.807, 2.05) is 0 Å². The summed E-state index contributed by atoms with van der Waals surface area (Å²) in [4.78, 5) is 4.81. The third-order valence-corrected chi connectivity index (χ3v) is 4.91. The predicted molar refractivity (Wildman–Crippen MR) is 99.5 cm³/mol. The van der Waals surface area contributed by atoms with Gasteiger partial charge in [-0.15, -0.1) is 0 Å². The number of nitrogens with zero attached hydrogens (tertiary/aromatic N) is 2. The molecule has 120 valence electrons. The fourth-order valence-electron chi connectivity index (χ4n) is 2.83. The molecule has 0 fully saturated rings. The molecule has 0 radical (unpaired) electrons. The fourth-order valence-corrected chi connectivity index (χ4v) is 3.69. The minimum atomic E-state index is 0.0840. The molecule has 1 rings (SSSR count). The summed E-state index contributed by atoms with van der Waals surface area (Å²) in [6.45, 7) is 15.6. The van der Waals surface area contributed by atoms with Crippen LogP contribution in [-0.4, -0.2) is 38.1 Å². The van der Waals surface area contributed by atoms with E-state index in [2.05, 4.69) is 51.5 Å². The molecule has 21 heavy (non-hydrogen) atoms. The van der Waals surface area contributed by atoms with Crippen molar-refractivity contribution in [3.8, 4) is 0 Å². The second-order valence-electron chi connectivity index (χ2n) is 6.84. The molecule has 0 aromatic heterocycles. The molecule has 2 nitrogen and oxygen atoms in total. The van der Waals surface area contributed by atoms with Gasteiger partial charge in [0, 0.05) is 19.2 Å². The van der Waals surface area contributed by atoms with E-state index in [4.69, 9.17) is 24.4 Å². The van der Waals surface area contributed by atoms with E-state index in [-0.39, 0.29) is 5.41 Å². The molecule has 0 aliphatic heterocycles. The quantitative estimate of drug-likeness (QED) is 0.628. The first-order valence-corrected chi connectivity index (χ1v) is 8.82. The van der Waals surface area contributed by atoms with Gasteiger partial charge in [-0.2, -0.15) is 0 Å². The molecular formula is C17H30N2S2. The SMILES string of the molecule is CCCN(CC)CCCN(C)c1c(C(C)(C)C)c(=S)c1=S. The highest BCUT2D eigenvalue weighted by molar-refractivity contribution is 7.74. The third-order valence-electron chi connectivity index (χ3n) is 3.97. The predicted octanol–water partition coefficient (Wildman–Crippen LogP) is 4.88. The zero-order chi connectivity index (χ0) is 16.2. The van der Waals surface area contributed by atoms with E-state index >= 15 is 0 Å². The maximum absolute atomic E-state index is 5.47. The number of hydrogen-bond donors (Lipinski definition) is 0. The van der Waals surface area contributed by atoms with Crippen LogP contribution < -0.4 is 4.90 Å².